The molecule has 1 amide bonds. The van der Waals surface area contributed by atoms with Crippen LogP contribution in [-0.2, 0) is 23.1 Å². The van der Waals surface area contributed by atoms with Gasteiger partial charge >= 0.3 is 6.09 Å². The second-order valence-electron chi connectivity index (χ2n) is 6.41. The Labute approximate surface area is 142 Å². The van der Waals surface area contributed by atoms with Crippen molar-refractivity contribution in [1.29, 1.82) is 0 Å². The van der Waals surface area contributed by atoms with Crippen LogP contribution >= 0.6 is 0 Å². The average Bonchev–Trinajstić information content (AvgIpc) is 2.97. The largest absolute Gasteiger partial charge is 0.450 e. The van der Waals surface area contributed by atoms with Crippen molar-refractivity contribution in [3.63, 3.8) is 0 Å². The van der Waals surface area contributed by atoms with E-state index in [1.807, 2.05) is 14.0 Å². The van der Waals surface area contributed by atoms with Gasteiger partial charge in [0.15, 0.2) is 0 Å². The highest BCUT2D eigenvalue weighted by molar-refractivity contribution is 5.67. The first-order valence-electron chi connectivity index (χ1n) is 8.79. The number of ether oxygens (including phenoxy) is 2. The van der Waals surface area contributed by atoms with Gasteiger partial charge in [0, 0.05) is 39.1 Å². The van der Waals surface area contributed by atoms with Crippen molar-refractivity contribution in [2.75, 3.05) is 46.0 Å². The molecular formula is C16H27N5O3. The number of morpholine rings is 1. The van der Waals surface area contributed by atoms with Crippen molar-refractivity contribution in [3.05, 3.63) is 11.6 Å². The maximum absolute atomic E-state index is 12.0. The number of carbonyl (C=O) groups is 1. The first kappa shape index (κ1) is 17.2. The second-order valence-corrected chi connectivity index (χ2v) is 6.41. The van der Waals surface area contributed by atoms with E-state index in [1.165, 1.54) is 0 Å². The van der Waals surface area contributed by atoms with Crippen LogP contribution in [0.15, 0.2) is 0 Å². The fourth-order valence-electron chi connectivity index (χ4n) is 3.40. The Morgan fingerprint density at radius 1 is 1.29 bits per heavy atom. The van der Waals surface area contributed by atoms with Gasteiger partial charge in [-0.25, -0.2) is 4.79 Å². The molecule has 1 aromatic heterocycles. The minimum atomic E-state index is -0.224. The summed E-state index contributed by atoms with van der Waals surface area (Å²) in [7, 11) is 2.02. The van der Waals surface area contributed by atoms with Gasteiger partial charge < -0.3 is 18.9 Å². The Balaban J connectivity index is 1.64. The van der Waals surface area contributed by atoms with Gasteiger partial charge in [0.2, 0.25) is 0 Å². The van der Waals surface area contributed by atoms with E-state index in [1.54, 1.807) is 4.90 Å². The Hall–Kier alpha value is -1.67. The number of carbonyl (C=O) groups excluding carboxylic acids is 1. The summed E-state index contributed by atoms with van der Waals surface area (Å²) in [5.74, 6) is 2.16. The van der Waals surface area contributed by atoms with Crippen LogP contribution in [0, 0.1) is 0 Å². The van der Waals surface area contributed by atoms with E-state index in [9.17, 15) is 4.79 Å². The number of likely N-dealkylation sites (tertiary alicyclic amines) is 1. The fourth-order valence-corrected chi connectivity index (χ4v) is 3.40. The molecule has 2 aliphatic rings. The third-order valence-electron chi connectivity index (χ3n) is 4.78. The number of amides is 1. The predicted molar refractivity (Wildman–Crippen MR) is 87.7 cm³/mol. The molecule has 0 bridgehead atoms. The number of piperidine rings is 1. The van der Waals surface area contributed by atoms with Gasteiger partial charge in [-0.1, -0.05) is 0 Å². The number of nitrogens with zero attached hydrogens (tertiary/aromatic N) is 5. The maximum Gasteiger partial charge on any atom is 0.409 e. The summed E-state index contributed by atoms with van der Waals surface area (Å²) in [5, 5.41) is 8.81. The van der Waals surface area contributed by atoms with Gasteiger partial charge in [0.05, 0.1) is 26.4 Å². The zero-order valence-corrected chi connectivity index (χ0v) is 14.6. The lowest BCUT2D eigenvalue weighted by atomic mass is 9.97. The lowest BCUT2D eigenvalue weighted by Gasteiger charge is -2.31. The predicted octanol–water partition coefficient (Wildman–Crippen LogP) is 0.983. The van der Waals surface area contributed by atoms with Gasteiger partial charge in [-0.15, -0.1) is 10.2 Å². The van der Waals surface area contributed by atoms with Crippen molar-refractivity contribution < 1.29 is 14.3 Å². The summed E-state index contributed by atoms with van der Waals surface area (Å²) in [6, 6.07) is 0. The Bertz CT molecular complexity index is 556. The first-order chi connectivity index (χ1) is 11.7. The van der Waals surface area contributed by atoms with Crippen molar-refractivity contribution >= 4 is 6.09 Å². The van der Waals surface area contributed by atoms with Gasteiger partial charge in [-0.2, -0.15) is 0 Å². The van der Waals surface area contributed by atoms with E-state index in [0.29, 0.717) is 13.2 Å². The van der Waals surface area contributed by atoms with Crippen molar-refractivity contribution in [1.82, 2.24) is 24.6 Å². The zero-order chi connectivity index (χ0) is 16.9. The molecule has 2 saturated heterocycles. The fraction of sp³-hybridized carbons (Fsp3) is 0.812. The highest BCUT2D eigenvalue weighted by Crippen LogP contribution is 2.26. The molecule has 0 saturated carbocycles. The maximum atomic E-state index is 12.0. The van der Waals surface area contributed by atoms with E-state index in [0.717, 1.165) is 63.9 Å². The first-order valence-corrected chi connectivity index (χ1v) is 8.79. The lowest BCUT2D eigenvalue weighted by molar-refractivity contribution is 0.0326. The van der Waals surface area contributed by atoms with E-state index in [-0.39, 0.29) is 12.0 Å². The normalized spacial score (nSPS) is 22.6. The van der Waals surface area contributed by atoms with Crippen LogP contribution in [0.25, 0.3) is 0 Å². The Kier molecular flexibility index (Phi) is 5.68. The summed E-state index contributed by atoms with van der Waals surface area (Å²) in [6.07, 6.45) is 1.77. The summed E-state index contributed by atoms with van der Waals surface area (Å²) in [6.45, 7) is 7.87. The third-order valence-corrected chi connectivity index (χ3v) is 4.78. The third kappa shape index (κ3) is 3.87. The molecule has 8 nitrogen and oxygen atoms in total. The average molecular weight is 337 g/mol. The van der Waals surface area contributed by atoms with Crippen LogP contribution in [0.2, 0.25) is 0 Å². The van der Waals surface area contributed by atoms with Crippen molar-refractivity contribution in [3.8, 4) is 0 Å². The molecule has 134 valence electrons. The number of hydrogen-bond acceptors (Lipinski definition) is 6. The number of aromatic nitrogens is 3. The van der Waals surface area contributed by atoms with E-state index >= 15 is 0 Å². The minimum absolute atomic E-state index is 0.221. The molecule has 0 radical (unpaired) electrons. The lowest BCUT2D eigenvalue weighted by Crippen LogP contribution is -2.40. The Morgan fingerprint density at radius 3 is 2.83 bits per heavy atom. The summed E-state index contributed by atoms with van der Waals surface area (Å²) in [5.41, 5.74) is 0. The molecule has 0 N–H and O–H groups in total. The highest BCUT2D eigenvalue weighted by atomic mass is 16.6. The molecule has 1 atom stereocenters. The molecule has 2 aliphatic heterocycles. The zero-order valence-electron chi connectivity index (χ0n) is 14.6. The molecule has 3 heterocycles. The van der Waals surface area contributed by atoms with E-state index in [4.69, 9.17) is 9.47 Å². The highest BCUT2D eigenvalue weighted by Gasteiger charge is 2.29. The molecular weight excluding hydrogens is 310 g/mol. The molecule has 3 rings (SSSR count). The van der Waals surface area contributed by atoms with Crippen LogP contribution in [-0.4, -0.2) is 76.7 Å². The number of rotatable bonds is 4. The van der Waals surface area contributed by atoms with Crippen LogP contribution in [0.5, 0.6) is 0 Å². The summed E-state index contributed by atoms with van der Waals surface area (Å²) < 4.78 is 12.6. The topological polar surface area (TPSA) is 72.7 Å². The summed E-state index contributed by atoms with van der Waals surface area (Å²) >= 11 is 0. The van der Waals surface area contributed by atoms with E-state index in [2.05, 4.69) is 19.7 Å². The second kappa shape index (κ2) is 7.94. The molecule has 0 aromatic carbocycles. The number of hydrogen-bond donors (Lipinski definition) is 0. The van der Waals surface area contributed by atoms with Gasteiger partial charge in [0.1, 0.15) is 11.6 Å². The molecule has 1 unspecified atom stereocenters. The van der Waals surface area contributed by atoms with Crippen LogP contribution < -0.4 is 0 Å². The van der Waals surface area contributed by atoms with Crippen molar-refractivity contribution in [2.45, 2.75) is 32.2 Å². The van der Waals surface area contributed by atoms with Crippen LogP contribution in [0.1, 0.15) is 37.3 Å². The smallest absolute Gasteiger partial charge is 0.409 e. The van der Waals surface area contributed by atoms with E-state index < -0.39 is 0 Å². The quantitative estimate of drug-likeness (QED) is 0.816. The van der Waals surface area contributed by atoms with Gasteiger partial charge in [0.25, 0.3) is 0 Å². The molecule has 1 aromatic rings. The minimum Gasteiger partial charge on any atom is -0.450 e. The SMILES string of the molecule is CCOC(=O)N1CCCC(c2nnc(CN3CCOCC3)n2C)C1. The molecule has 0 aliphatic carbocycles. The molecule has 0 spiro atoms. The van der Waals surface area contributed by atoms with Crippen LogP contribution in [0.3, 0.4) is 0 Å². The van der Waals surface area contributed by atoms with Gasteiger partial charge in [-0.05, 0) is 19.8 Å². The van der Waals surface area contributed by atoms with Gasteiger partial charge in [-0.3, -0.25) is 4.90 Å². The Morgan fingerprint density at radius 2 is 2.08 bits per heavy atom. The van der Waals surface area contributed by atoms with Crippen LogP contribution in [0.4, 0.5) is 4.79 Å². The summed E-state index contributed by atoms with van der Waals surface area (Å²) in [4.78, 5) is 16.1. The van der Waals surface area contributed by atoms with Crippen molar-refractivity contribution in [2.24, 2.45) is 7.05 Å². The monoisotopic (exact) mass is 337 g/mol. The standard InChI is InChI=1S/C16H27N5O3/c1-3-24-16(22)21-6-4-5-13(11-21)15-18-17-14(19(15)2)12-20-7-9-23-10-8-20/h13H,3-12H2,1-2H3. The molecule has 2 fully saturated rings. The molecule has 24 heavy (non-hydrogen) atoms. The molecule has 8 heteroatoms.